The smallest absolute Gasteiger partial charge is 0.344 e. The molecule has 0 amide bonds. The van der Waals surface area contributed by atoms with E-state index in [9.17, 15) is 9.18 Å². The van der Waals surface area contributed by atoms with E-state index in [-0.39, 0.29) is 24.5 Å². The molecule has 5 heteroatoms. The lowest BCUT2D eigenvalue weighted by atomic mass is 10.1. The molecule has 0 bridgehead atoms. The van der Waals surface area contributed by atoms with Crippen LogP contribution in [0.4, 0.5) is 4.39 Å². The Hall–Kier alpha value is -1.62. The topological polar surface area (TPSA) is 40.0 Å². The fourth-order valence-electron chi connectivity index (χ4n) is 2.09. The summed E-state index contributed by atoms with van der Waals surface area (Å²) in [4.78, 5) is 13.1. The van der Waals surface area contributed by atoms with E-state index in [4.69, 9.17) is 9.47 Å². The molecule has 0 radical (unpaired) electrons. The molecule has 1 aliphatic rings. The summed E-state index contributed by atoms with van der Waals surface area (Å²) in [5.74, 6) is -0.233. The third-order valence-electron chi connectivity index (χ3n) is 3.25. The molecular weight excluding hydrogens is 249 g/mol. The number of piperidine rings is 1. The number of esters is 1. The molecule has 1 aliphatic heterocycles. The van der Waals surface area contributed by atoms with Crippen molar-refractivity contribution in [1.82, 2.24) is 0 Å². The third kappa shape index (κ3) is 4.52. The van der Waals surface area contributed by atoms with Crippen LogP contribution in [-0.2, 0) is 9.53 Å². The Morgan fingerprint density at radius 1 is 1.32 bits per heavy atom. The van der Waals surface area contributed by atoms with Crippen molar-refractivity contribution < 1.29 is 23.6 Å². The van der Waals surface area contributed by atoms with Gasteiger partial charge in [-0.25, -0.2) is 9.18 Å². The second-order valence-electron chi connectivity index (χ2n) is 4.89. The van der Waals surface area contributed by atoms with Crippen molar-refractivity contribution in [2.45, 2.75) is 18.9 Å². The fraction of sp³-hybridized carbons (Fsp3) is 0.500. The lowest BCUT2D eigenvalue weighted by molar-refractivity contribution is -0.885. The number of nitrogens with one attached hydrogen (secondary N) is 1. The molecule has 1 fully saturated rings. The predicted molar refractivity (Wildman–Crippen MR) is 67.6 cm³/mol. The highest BCUT2D eigenvalue weighted by Crippen LogP contribution is 2.11. The summed E-state index contributed by atoms with van der Waals surface area (Å²) in [7, 11) is 2.13. The van der Waals surface area contributed by atoms with E-state index in [1.54, 1.807) is 0 Å². The quantitative estimate of drug-likeness (QED) is 0.805. The van der Waals surface area contributed by atoms with E-state index in [1.807, 2.05) is 0 Å². The Balaban J connectivity index is 1.71. The zero-order chi connectivity index (χ0) is 13.7. The number of quaternary nitrogens is 1. The first kappa shape index (κ1) is 13.8. The molecule has 1 aromatic carbocycles. The Morgan fingerprint density at radius 2 is 1.95 bits per heavy atom. The minimum Gasteiger partial charge on any atom is -0.482 e. The Labute approximate surface area is 112 Å². The van der Waals surface area contributed by atoms with Crippen molar-refractivity contribution in [3.63, 3.8) is 0 Å². The summed E-state index contributed by atoms with van der Waals surface area (Å²) in [5, 5.41) is 0. The Morgan fingerprint density at radius 3 is 2.58 bits per heavy atom. The Kier molecular flexibility index (Phi) is 4.74. The van der Waals surface area contributed by atoms with Crippen LogP contribution in [0.25, 0.3) is 0 Å². The van der Waals surface area contributed by atoms with Gasteiger partial charge in [0.1, 0.15) is 17.7 Å². The maximum absolute atomic E-state index is 12.7. The van der Waals surface area contributed by atoms with Gasteiger partial charge in [0.25, 0.3) is 0 Å². The molecule has 0 spiro atoms. The number of carbonyl (C=O) groups is 1. The van der Waals surface area contributed by atoms with E-state index in [1.165, 1.54) is 29.2 Å². The van der Waals surface area contributed by atoms with Gasteiger partial charge < -0.3 is 14.4 Å². The van der Waals surface area contributed by atoms with E-state index in [0.29, 0.717) is 5.75 Å². The lowest BCUT2D eigenvalue weighted by Crippen LogP contribution is -3.10. The lowest BCUT2D eigenvalue weighted by Gasteiger charge is -2.26. The highest BCUT2D eigenvalue weighted by Gasteiger charge is 2.22. The van der Waals surface area contributed by atoms with Gasteiger partial charge in [-0.05, 0) is 24.3 Å². The first-order valence-corrected chi connectivity index (χ1v) is 6.52. The maximum atomic E-state index is 12.7. The first-order valence-electron chi connectivity index (χ1n) is 6.52. The molecule has 19 heavy (non-hydrogen) atoms. The average molecular weight is 268 g/mol. The molecule has 1 heterocycles. The standard InChI is InChI=1S/C14H18FNO3/c1-16-8-6-13(7-9-16)19-14(17)10-18-12-4-2-11(15)3-5-12/h2-5,13H,6-10H2,1H3/p+1. The second kappa shape index (κ2) is 6.52. The van der Waals surface area contributed by atoms with Crippen LogP contribution < -0.4 is 9.64 Å². The van der Waals surface area contributed by atoms with Crippen LogP contribution >= 0.6 is 0 Å². The number of ether oxygens (including phenoxy) is 2. The summed E-state index contributed by atoms with van der Waals surface area (Å²) in [5.41, 5.74) is 0. The number of hydrogen-bond donors (Lipinski definition) is 1. The van der Waals surface area contributed by atoms with Crippen molar-refractivity contribution in [1.29, 1.82) is 0 Å². The molecule has 0 aliphatic carbocycles. The van der Waals surface area contributed by atoms with Crippen molar-refractivity contribution in [3.05, 3.63) is 30.1 Å². The number of likely N-dealkylation sites (tertiary alicyclic amines) is 1. The molecular formula is C14H19FNO3+. The molecule has 0 unspecified atom stereocenters. The molecule has 4 nitrogen and oxygen atoms in total. The predicted octanol–water partition coefficient (Wildman–Crippen LogP) is 0.425. The average Bonchev–Trinajstić information content (AvgIpc) is 2.41. The number of hydrogen-bond acceptors (Lipinski definition) is 3. The van der Waals surface area contributed by atoms with E-state index in [0.717, 1.165) is 25.9 Å². The van der Waals surface area contributed by atoms with Crippen LogP contribution in [0.2, 0.25) is 0 Å². The molecule has 0 saturated carbocycles. The number of rotatable bonds is 4. The monoisotopic (exact) mass is 268 g/mol. The normalized spacial score (nSPS) is 22.8. The maximum Gasteiger partial charge on any atom is 0.344 e. The van der Waals surface area contributed by atoms with Gasteiger partial charge >= 0.3 is 5.97 Å². The third-order valence-corrected chi connectivity index (χ3v) is 3.25. The van der Waals surface area contributed by atoms with Crippen LogP contribution in [0, 0.1) is 5.82 Å². The van der Waals surface area contributed by atoms with Crippen molar-refractivity contribution >= 4 is 5.97 Å². The molecule has 0 atom stereocenters. The molecule has 1 aromatic rings. The van der Waals surface area contributed by atoms with Crippen molar-refractivity contribution in [3.8, 4) is 5.75 Å². The van der Waals surface area contributed by atoms with Crippen LogP contribution in [0.3, 0.4) is 0 Å². The second-order valence-corrected chi connectivity index (χ2v) is 4.89. The van der Waals surface area contributed by atoms with E-state index < -0.39 is 0 Å². The first-order chi connectivity index (χ1) is 9.13. The van der Waals surface area contributed by atoms with Gasteiger partial charge in [0.15, 0.2) is 6.61 Å². The molecule has 104 valence electrons. The highest BCUT2D eigenvalue weighted by atomic mass is 19.1. The highest BCUT2D eigenvalue weighted by molar-refractivity contribution is 5.71. The number of benzene rings is 1. The van der Waals surface area contributed by atoms with E-state index in [2.05, 4.69) is 7.05 Å². The minimum atomic E-state index is -0.367. The van der Waals surface area contributed by atoms with E-state index >= 15 is 0 Å². The minimum absolute atomic E-state index is 0.00742. The van der Waals surface area contributed by atoms with Crippen LogP contribution in [0.15, 0.2) is 24.3 Å². The van der Waals surface area contributed by atoms with Gasteiger partial charge in [-0.2, -0.15) is 0 Å². The van der Waals surface area contributed by atoms with Gasteiger partial charge in [-0.15, -0.1) is 0 Å². The SMILES string of the molecule is C[NH+]1CCC(OC(=O)COc2ccc(F)cc2)CC1. The van der Waals surface area contributed by atoms with Crippen LogP contribution in [0.5, 0.6) is 5.75 Å². The number of halogens is 1. The fourth-order valence-corrected chi connectivity index (χ4v) is 2.09. The molecule has 1 saturated heterocycles. The number of carbonyl (C=O) groups excluding carboxylic acids is 1. The van der Waals surface area contributed by atoms with Gasteiger partial charge in [0, 0.05) is 12.8 Å². The largest absolute Gasteiger partial charge is 0.482 e. The molecule has 0 aromatic heterocycles. The van der Waals surface area contributed by atoms with Crippen molar-refractivity contribution in [2.75, 3.05) is 26.7 Å². The summed E-state index contributed by atoms with van der Waals surface area (Å²) in [6.45, 7) is 1.92. The van der Waals surface area contributed by atoms with Gasteiger partial charge in [0.2, 0.25) is 0 Å². The van der Waals surface area contributed by atoms with Crippen molar-refractivity contribution in [2.24, 2.45) is 0 Å². The van der Waals surface area contributed by atoms with Crippen LogP contribution in [0.1, 0.15) is 12.8 Å². The zero-order valence-corrected chi connectivity index (χ0v) is 11.0. The summed E-state index contributed by atoms with van der Waals surface area (Å²) in [6.07, 6.45) is 1.80. The van der Waals surface area contributed by atoms with Crippen LogP contribution in [-0.4, -0.2) is 38.8 Å². The van der Waals surface area contributed by atoms with Gasteiger partial charge in [0.05, 0.1) is 20.1 Å². The van der Waals surface area contributed by atoms with Gasteiger partial charge in [-0.1, -0.05) is 0 Å². The Bertz CT molecular complexity index is 413. The summed E-state index contributed by atoms with van der Waals surface area (Å²) >= 11 is 0. The molecule has 2 rings (SSSR count). The van der Waals surface area contributed by atoms with Gasteiger partial charge in [-0.3, -0.25) is 0 Å². The summed E-state index contributed by atoms with van der Waals surface area (Å²) < 4.78 is 23.2. The summed E-state index contributed by atoms with van der Waals surface area (Å²) in [6, 6.07) is 5.56. The molecule has 1 N–H and O–H groups in total. The zero-order valence-electron chi connectivity index (χ0n) is 11.0.